The lowest BCUT2D eigenvalue weighted by Gasteiger charge is -2.24. The van der Waals surface area contributed by atoms with E-state index in [1.165, 1.54) is 16.5 Å². The smallest absolute Gasteiger partial charge is 0.231 e. The van der Waals surface area contributed by atoms with Crippen molar-refractivity contribution in [3.05, 3.63) is 77.9 Å². The molecule has 0 saturated carbocycles. The first-order valence-electron chi connectivity index (χ1n) is 8.19. The molecule has 23 heavy (non-hydrogen) atoms. The van der Waals surface area contributed by atoms with E-state index in [0.29, 0.717) is 0 Å². The van der Waals surface area contributed by atoms with Crippen LogP contribution < -0.4 is 5.32 Å². The molecule has 4 rings (SSSR count). The van der Waals surface area contributed by atoms with E-state index < -0.39 is 0 Å². The van der Waals surface area contributed by atoms with Gasteiger partial charge in [-0.05, 0) is 53.3 Å². The number of anilines is 1. The summed E-state index contributed by atoms with van der Waals surface area (Å²) in [7, 11) is 0. The molecule has 0 fully saturated rings. The third kappa shape index (κ3) is 2.72. The highest BCUT2D eigenvalue weighted by molar-refractivity contribution is 5.98. The Kier molecular flexibility index (Phi) is 3.58. The standard InChI is InChI=1S/C21H19NO/c23-21(20-11-5-9-16-7-3-4-10-19(16)20)22-18-13-12-15-6-1-2-8-17(15)14-18/h1-4,6-8,10,12-14,20H,5,9,11H2,(H,22,23)/t20-/m1/s1. The van der Waals surface area contributed by atoms with Crippen molar-refractivity contribution in [2.75, 3.05) is 5.32 Å². The Morgan fingerprint density at radius 1 is 0.913 bits per heavy atom. The highest BCUT2D eigenvalue weighted by Crippen LogP contribution is 2.32. The van der Waals surface area contributed by atoms with E-state index in [2.05, 4.69) is 41.7 Å². The van der Waals surface area contributed by atoms with Gasteiger partial charge in [-0.25, -0.2) is 0 Å². The van der Waals surface area contributed by atoms with Crippen molar-refractivity contribution >= 4 is 22.4 Å². The van der Waals surface area contributed by atoms with E-state index in [-0.39, 0.29) is 11.8 Å². The normalized spacial score (nSPS) is 16.8. The summed E-state index contributed by atoms with van der Waals surface area (Å²) in [6, 6.07) is 22.6. The third-order valence-electron chi connectivity index (χ3n) is 4.70. The lowest BCUT2D eigenvalue weighted by Crippen LogP contribution is -2.24. The summed E-state index contributed by atoms with van der Waals surface area (Å²) in [5.74, 6) is 0.0684. The summed E-state index contributed by atoms with van der Waals surface area (Å²) in [4.78, 5) is 12.8. The average Bonchev–Trinajstić information content (AvgIpc) is 2.61. The molecule has 3 aromatic rings. The lowest BCUT2D eigenvalue weighted by atomic mass is 9.82. The summed E-state index contributed by atoms with van der Waals surface area (Å²) in [5.41, 5.74) is 3.38. The van der Waals surface area contributed by atoms with Crippen LogP contribution in [0.25, 0.3) is 10.8 Å². The van der Waals surface area contributed by atoms with E-state index >= 15 is 0 Å². The number of carbonyl (C=O) groups is 1. The molecule has 0 saturated heterocycles. The Morgan fingerprint density at radius 3 is 2.61 bits per heavy atom. The quantitative estimate of drug-likeness (QED) is 0.716. The van der Waals surface area contributed by atoms with E-state index in [1.54, 1.807) is 0 Å². The van der Waals surface area contributed by atoms with Crippen molar-refractivity contribution in [3.8, 4) is 0 Å². The molecular weight excluding hydrogens is 282 g/mol. The molecule has 1 amide bonds. The molecule has 0 bridgehead atoms. The largest absolute Gasteiger partial charge is 0.326 e. The molecule has 1 aliphatic carbocycles. The Labute approximate surface area is 136 Å². The van der Waals surface area contributed by atoms with Crippen LogP contribution in [0.3, 0.4) is 0 Å². The summed E-state index contributed by atoms with van der Waals surface area (Å²) < 4.78 is 0. The average molecular weight is 301 g/mol. The molecule has 0 heterocycles. The molecule has 1 atom stereocenters. The molecule has 0 unspecified atom stereocenters. The van der Waals surface area contributed by atoms with Gasteiger partial charge in [0.15, 0.2) is 0 Å². The molecule has 0 radical (unpaired) electrons. The highest BCUT2D eigenvalue weighted by atomic mass is 16.1. The van der Waals surface area contributed by atoms with Crippen LogP contribution in [0.5, 0.6) is 0 Å². The minimum atomic E-state index is -0.0357. The molecule has 3 aromatic carbocycles. The molecule has 2 nitrogen and oxygen atoms in total. The summed E-state index contributed by atoms with van der Waals surface area (Å²) >= 11 is 0. The zero-order chi connectivity index (χ0) is 15.6. The fraction of sp³-hybridized carbons (Fsp3) is 0.190. The van der Waals surface area contributed by atoms with Crippen molar-refractivity contribution in [2.45, 2.75) is 25.2 Å². The SMILES string of the molecule is O=C(Nc1ccc2ccccc2c1)[C@@H]1CCCc2ccccc21. The number of carbonyl (C=O) groups excluding carboxylic acids is 1. The van der Waals surface area contributed by atoms with Crippen LogP contribution in [0.2, 0.25) is 0 Å². The number of benzene rings is 3. The maximum Gasteiger partial charge on any atom is 0.231 e. The second kappa shape index (κ2) is 5.88. The number of amides is 1. The van der Waals surface area contributed by atoms with Gasteiger partial charge in [0.05, 0.1) is 5.92 Å². The van der Waals surface area contributed by atoms with Crippen LogP contribution in [0.15, 0.2) is 66.7 Å². The molecular formula is C21H19NO. The van der Waals surface area contributed by atoms with Gasteiger partial charge in [-0.1, -0.05) is 54.6 Å². The zero-order valence-corrected chi connectivity index (χ0v) is 13.0. The molecule has 0 aromatic heterocycles. The van der Waals surface area contributed by atoms with Crippen LogP contribution in [0.4, 0.5) is 5.69 Å². The van der Waals surface area contributed by atoms with Crippen molar-refractivity contribution in [1.29, 1.82) is 0 Å². The van der Waals surface area contributed by atoms with Crippen molar-refractivity contribution in [1.82, 2.24) is 0 Å². The van der Waals surface area contributed by atoms with E-state index in [9.17, 15) is 4.79 Å². The number of rotatable bonds is 2. The molecule has 0 spiro atoms. The first-order valence-corrected chi connectivity index (χ1v) is 8.19. The molecule has 1 aliphatic rings. The summed E-state index contributed by atoms with van der Waals surface area (Å²) in [6.07, 6.45) is 3.08. The predicted molar refractivity (Wildman–Crippen MR) is 94.7 cm³/mol. The predicted octanol–water partition coefficient (Wildman–Crippen LogP) is 4.90. The van der Waals surface area contributed by atoms with Gasteiger partial charge >= 0.3 is 0 Å². The first-order chi connectivity index (χ1) is 11.3. The number of hydrogen-bond donors (Lipinski definition) is 1. The van der Waals surface area contributed by atoms with Crippen LogP contribution >= 0.6 is 0 Å². The van der Waals surface area contributed by atoms with Gasteiger partial charge in [0.2, 0.25) is 5.91 Å². The Morgan fingerprint density at radius 2 is 1.70 bits per heavy atom. The van der Waals surface area contributed by atoms with Crippen LogP contribution in [0, 0.1) is 0 Å². The fourth-order valence-corrected chi connectivity index (χ4v) is 3.52. The van der Waals surface area contributed by atoms with Gasteiger partial charge in [0, 0.05) is 5.69 Å². The number of nitrogens with one attached hydrogen (secondary N) is 1. The van der Waals surface area contributed by atoms with Crippen LogP contribution in [-0.2, 0) is 11.2 Å². The Hall–Kier alpha value is -2.61. The van der Waals surface area contributed by atoms with E-state index in [0.717, 1.165) is 30.3 Å². The summed E-state index contributed by atoms with van der Waals surface area (Å²) in [5, 5.41) is 5.44. The minimum absolute atomic E-state index is 0.0357. The topological polar surface area (TPSA) is 29.1 Å². The summed E-state index contributed by atoms with van der Waals surface area (Å²) in [6.45, 7) is 0. The number of hydrogen-bond acceptors (Lipinski definition) is 1. The highest BCUT2D eigenvalue weighted by Gasteiger charge is 2.26. The second-order valence-corrected chi connectivity index (χ2v) is 6.19. The molecule has 0 aliphatic heterocycles. The van der Waals surface area contributed by atoms with Crippen LogP contribution in [-0.4, -0.2) is 5.91 Å². The van der Waals surface area contributed by atoms with Gasteiger partial charge in [-0.3, -0.25) is 4.79 Å². The Bertz CT molecular complexity index is 868. The van der Waals surface area contributed by atoms with Gasteiger partial charge in [0.25, 0.3) is 0 Å². The zero-order valence-electron chi connectivity index (χ0n) is 13.0. The van der Waals surface area contributed by atoms with Gasteiger partial charge in [0.1, 0.15) is 0 Å². The van der Waals surface area contributed by atoms with E-state index in [1.807, 2.05) is 30.3 Å². The third-order valence-corrected chi connectivity index (χ3v) is 4.70. The van der Waals surface area contributed by atoms with Crippen LogP contribution in [0.1, 0.15) is 29.9 Å². The maximum atomic E-state index is 12.8. The monoisotopic (exact) mass is 301 g/mol. The number of aryl methyl sites for hydroxylation is 1. The van der Waals surface area contributed by atoms with Crippen molar-refractivity contribution in [3.63, 3.8) is 0 Å². The Balaban J connectivity index is 1.60. The lowest BCUT2D eigenvalue weighted by molar-refractivity contribution is -0.117. The van der Waals surface area contributed by atoms with Gasteiger partial charge in [-0.15, -0.1) is 0 Å². The first kappa shape index (κ1) is 14.0. The van der Waals surface area contributed by atoms with E-state index in [4.69, 9.17) is 0 Å². The van der Waals surface area contributed by atoms with Gasteiger partial charge in [-0.2, -0.15) is 0 Å². The molecule has 1 N–H and O–H groups in total. The van der Waals surface area contributed by atoms with Crippen molar-refractivity contribution < 1.29 is 4.79 Å². The minimum Gasteiger partial charge on any atom is -0.326 e. The fourth-order valence-electron chi connectivity index (χ4n) is 3.52. The number of fused-ring (bicyclic) bond motifs is 2. The van der Waals surface area contributed by atoms with Crippen molar-refractivity contribution in [2.24, 2.45) is 0 Å². The van der Waals surface area contributed by atoms with Gasteiger partial charge < -0.3 is 5.32 Å². The molecule has 2 heteroatoms. The maximum absolute atomic E-state index is 12.8. The second-order valence-electron chi connectivity index (χ2n) is 6.19. The molecule has 114 valence electrons.